The van der Waals surface area contributed by atoms with E-state index in [0.29, 0.717) is 12.8 Å². The van der Waals surface area contributed by atoms with Crippen LogP contribution in [0.5, 0.6) is 0 Å². The zero-order valence-electron chi connectivity index (χ0n) is 31.0. The van der Waals surface area contributed by atoms with Gasteiger partial charge in [-0.15, -0.1) is 0 Å². The molecule has 25 nitrogen and oxygen atoms in total. The van der Waals surface area contributed by atoms with E-state index in [2.05, 4.69) is 43.5 Å². The summed E-state index contributed by atoms with van der Waals surface area (Å²) in [5, 5.41) is 25.8. The van der Waals surface area contributed by atoms with Crippen molar-refractivity contribution in [2.24, 2.45) is 5.41 Å². The van der Waals surface area contributed by atoms with Crippen LogP contribution in [0.3, 0.4) is 0 Å². The molecular formula is C27H41LiN7O18P3S-2. The molecule has 0 aromatic carbocycles. The average molecular weight is 884 g/mol. The number of aromatic nitrogens is 4. The Morgan fingerprint density at radius 2 is 1.74 bits per heavy atom. The summed E-state index contributed by atoms with van der Waals surface area (Å²) in [4.78, 5) is 105. The smallest absolute Gasteiger partial charge is 0.756 e. The summed E-state index contributed by atoms with van der Waals surface area (Å²) in [5.74, 6) is -1.57. The van der Waals surface area contributed by atoms with Crippen molar-refractivity contribution in [1.29, 1.82) is 0 Å². The van der Waals surface area contributed by atoms with Gasteiger partial charge < -0.3 is 64.5 Å². The Hall–Kier alpha value is -2.17. The minimum atomic E-state index is -5.91. The van der Waals surface area contributed by atoms with Crippen LogP contribution < -0.4 is 49.9 Å². The first-order valence-corrected chi connectivity index (χ1v) is 21.9. The van der Waals surface area contributed by atoms with Crippen LogP contribution in [0.15, 0.2) is 12.7 Å². The molecule has 3 heterocycles. The number of nitrogens with one attached hydrogen (secondary N) is 2. The molecule has 2 aromatic heterocycles. The average Bonchev–Trinajstić information content (AvgIpc) is 3.64. The molecule has 0 spiro atoms. The Morgan fingerprint density at radius 1 is 1.07 bits per heavy atom. The first-order chi connectivity index (χ1) is 25.9. The third-order valence-corrected chi connectivity index (χ3v) is 11.5. The maximum atomic E-state index is 12.5. The first-order valence-electron chi connectivity index (χ1n) is 16.5. The molecule has 1 aliphatic heterocycles. The van der Waals surface area contributed by atoms with E-state index in [9.17, 15) is 62.7 Å². The van der Waals surface area contributed by atoms with Gasteiger partial charge in [-0.2, -0.15) is 0 Å². The molecule has 57 heavy (non-hydrogen) atoms. The predicted octanol–water partition coefficient (Wildman–Crippen LogP) is -5.47. The number of ketones is 1. The number of hydrogen-bond donors (Lipinski definition) is 6. The SMILES string of the molecule is CCCC(=O)CC(=O)SCCNC(=O)CCNC(=O)C(O)C(C)(C)COP(=O)([O-])OP(=O)([O-])OCC1OC(n2cnc3c(N)ncnc32)C(O)C1OP(=O)([O-])O.[Li+]. The number of aliphatic hydroxyl groups excluding tert-OH is 2. The number of carbonyl (C=O) groups is 4. The van der Waals surface area contributed by atoms with Crippen LogP contribution in [-0.2, 0) is 55.5 Å². The van der Waals surface area contributed by atoms with E-state index in [1.54, 1.807) is 0 Å². The molecule has 316 valence electrons. The second-order valence-corrected chi connectivity index (χ2v) is 17.9. The largest absolute Gasteiger partial charge is 1.00 e. The molecule has 8 unspecified atom stereocenters. The van der Waals surface area contributed by atoms with Gasteiger partial charge >= 0.3 is 18.9 Å². The number of amides is 2. The van der Waals surface area contributed by atoms with Gasteiger partial charge in [-0.25, -0.2) is 19.3 Å². The molecule has 2 amide bonds. The summed E-state index contributed by atoms with van der Waals surface area (Å²) in [6, 6.07) is 0. The number of ether oxygens (including phenoxy) is 1. The Bertz CT molecular complexity index is 1870. The molecule has 0 radical (unpaired) electrons. The van der Waals surface area contributed by atoms with Gasteiger partial charge in [-0.3, -0.25) is 37.4 Å². The normalized spacial score (nSPS) is 22.1. The van der Waals surface area contributed by atoms with E-state index in [0.717, 1.165) is 29.0 Å². The van der Waals surface area contributed by atoms with Crippen molar-refractivity contribution < 1.29 is 104 Å². The van der Waals surface area contributed by atoms with Crippen LogP contribution in [0.25, 0.3) is 11.2 Å². The quantitative estimate of drug-likeness (QED) is 0.0262. The third kappa shape index (κ3) is 16.1. The molecule has 1 fully saturated rings. The number of carbonyl (C=O) groups excluding carboxylic acids is 4. The summed E-state index contributed by atoms with van der Waals surface area (Å²) in [6.07, 6.45) is -6.74. The molecule has 0 aliphatic carbocycles. The molecule has 1 aliphatic rings. The van der Waals surface area contributed by atoms with Crippen molar-refractivity contribution in [2.75, 3.05) is 37.8 Å². The molecule has 2 aromatic rings. The summed E-state index contributed by atoms with van der Waals surface area (Å²) in [6.45, 7) is 1.78. The molecule has 1 saturated heterocycles. The van der Waals surface area contributed by atoms with Crippen LogP contribution in [0.1, 0.15) is 52.7 Å². The molecule has 30 heteroatoms. The Labute approximate surface area is 341 Å². The van der Waals surface area contributed by atoms with Gasteiger partial charge in [-0.1, -0.05) is 32.5 Å². The topological polar surface area (TPSA) is 389 Å². The fraction of sp³-hybridized carbons (Fsp3) is 0.667. The molecule has 8 atom stereocenters. The fourth-order valence-electron chi connectivity index (χ4n) is 4.86. The van der Waals surface area contributed by atoms with Gasteiger partial charge in [0.1, 0.15) is 42.0 Å². The van der Waals surface area contributed by atoms with Gasteiger partial charge in [0.2, 0.25) is 11.8 Å². The predicted molar refractivity (Wildman–Crippen MR) is 185 cm³/mol. The number of phosphoric ester groups is 3. The van der Waals surface area contributed by atoms with Gasteiger partial charge in [0, 0.05) is 37.1 Å². The van der Waals surface area contributed by atoms with Crippen LogP contribution in [0.2, 0.25) is 0 Å². The monoisotopic (exact) mass is 883 g/mol. The van der Waals surface area contributed by atoms with Crippen LogP contribution in [-0.4, -0.2) is 114 Å². The van der Waals surface area contributed by atoms with Crippen LogP contribution in [0.4, 0.5) is 5.82 Å². The van der Waals surface area contributed by atoms with E-state index in [1.165, 1.54) is 13.8 Å². The number of nitrogens with two attached hydrogens (primary N) is 1. The standard InChI is InChI=1S/C27H44N7O18P3S.Li/c1-4-5-15(35)10-18(37)56-9-8-29-17(36)6-7-30-25(40)22(39)27(2,3)12-49-55(46,47)52-54(44,45)48-11-16-21(51-53(41,42)43)20(38)26(50-16)34-14-33-19-23(28)31-13-32-24(19)34;/h13-14,16,20-22,26,38-39H,4-12H2,1-3H3,(H,29,36)(H,30,40)(H,44,45)(H,46,47)(H2,28,31,32)(H2,41,42,43);/q;+1/p-3. The van der Waals surface area contributed by atoms with Crippen molar-refractivity contribution in [3.8, 4) is 0 Å². The van der Waals surface area contributed by atoms with E-state index >= 15 is 0 Å². The van der Waals surface area contributed by atoms with Gasteiger partial charge in [0.25, 0.3) is 23.5 Å². The molecule has 0 saturated carbocycles. The van der Waals surface area contributed by atoms with E-state index in [-0.39, 0.29) is 78.4 Å². The number of imidazole rings is 1. The Morgan fingerprint density at radius 3 is 2.39 bits per heavy atom. The number of phosphoric acid groups is 3. The van der Waals surface area contributed by atoms with E-state index in [4.69, 9.17) is 10.5 Å². The summed E-state index contributed by atoms with van der Waals surface area (Å²) in [5.41, 5.74) is 4.07. The second-order valence-electron chi connectivity index (χ2n) is 12.7. The number of thioether (sulfide) groups is 1. The number of nitrogens with zero attached hydrogens (tertiary/aromatic N) is 4. The number of nitrogen functional groups attached to an aromatic ring is 1. The fourth-order valence-corrected chi connectivity index (χ4v) is 8.30. The number of Topliss-reactive ketones (excluding diaryl/α,β-unsaturated/α-hetero) is 1. The molecular weight excluding hydrogens is 842 g/mol. The van der Waals surface area contributed by atoms with Crippen molar-refractivity contribution >= 4 is 74.9 Å². The Balaban J connectivity index is 0.0000112. The maximum absolute atomic E-state index is 12.5. The minimum absolute atomic E-state index is 0. The number of aliphatic hydroxyl groups is 2. The molecule has 7 N–H and O–H groups in total. The van der Waals surface area contributed by atoms with Crippen LogP contribution >= 0.6 is 35.2 Å². The van der Waals surface area contributed by atoms with Crippen molar-refractivity contribution in [1.82, 2.24) is 30.2 Å². The van der Waals surface area contributed by atoms with E-state index < -0.39 is 84.6 Å². The number of fused-ring (bicyclic) bond motifs is 1. The second kappa shape index (κ2) is 21.9. The maximum Gasteiger partial charge on any atom is 1.00 e. The summed E-state index contributed by atoms with van der Waals surface area (Å²) in [7, 11) is -17.3. The van der Waals surface area contributed by atoms with Gasteiger partial charge in [0.05, 0.1) is 26.0 Å². The Kier molecular flexibility index (Phi) is 19.6. The third-order valence-electron chi connectivity index (χ3n) is 7.61. The van der Waals surface area contributed by atoms with Crippen molar-refractivity contribution in [3.05, 3.63) is 12.7 Å². The minimum Gasteiger partial charge on any atom is -0.756 e. The van der Waals surface area contributed by atoms with Crippen molar-refractivity contribution in [2.45, 2.75) is 77.1 Å². The van der Waals surface area contributed by atoms with Crippen molar-refractivity contribution in [3.63, 3.8) is 0 Å². The zero-order valence-corrected chi connectivity index (χ0v) is 34.5. The number of anilines is 1. The molecule has 3 rings (SSSR count). The zero-order chi connectivity index (χ0) is 42.1. The summed E-state index contributed by atoms with van der Waals surface area (Å²) >= 11 is 0.894. The van der Waals surface area contributed by atoms with Gasteiger partial charge in [0.15, 0.2) is 22.8 Å². The number of hydrogen-bond acceptors (Lipinski definition) is 22. The van der Waals surface area contributed by atoms with Crippen LogP contribution in [0, 0.1) is 5.41 Å². The summed E-state index contributed by atoms with van der Waals surface area (Å²) < 4.78 is 60.7. The molecule has 0 bridgehead atoms. The number of rotatable bonds is 23. The van der Waals surface area contributed by atoms with E-state index in [1.807, 2.05) is 6.92 Å². The first kappa shape index (κ1) is 51.0. The van der Waals surface area contributed by atoms with Gasteiger partial charge in [-0.05, 0) is 6.42 Å².